The van der Waals surface area contributed by atoms with Crippen molar-refractivity contribution < 1.29 is 32.3 Å². The maximum absolute atomic E-state index is 12.2. The van der Waals surface area contributed by atoms with Gasteiger partial charge in [-0.25, -0.2) is 4.98 Å². The second kappa shape index (κ2) is 10.5. The van der Waals surface area contributed by atoms with Gasteiger partial charge < -0.3 is 19.2 Å². The quantitative estimate of drug-likeness (QED) is 0.475. The molecule has 0 saturated heterocycles. The van der Waals surface area contributed by atoms with E-state index >= 15 is 0 Å². The Morgan fingerprint density at radius 3 is 2.65 bits per heavy atom. The van der Waals surface area contributed by atoms with Crippen LogP contribution in [-0.2, 0) is 20.7 Å². The molecule has 0 aliphatic carbocycles. The molecule has 0 aliphatic heterocycles. The van der Waals surface area contributed by atoms with Gasteiger partial charge >= 0.3 is 12.6 Å². The third kappa shape index (κ3) is 6.78. The smallest absolute Gasteiger partial charge is 0.387 e. The van der Waals surface area contributed by atoms with Gasteiger partial charge in [0.05, 0.1) is 17.6 Å². The number of carbonyl (C=O) groups excluding carboxylic acids is 2. The highest BCUT2D eigenvalue weighted by Gasteiger charge is 2.13. The van der Waals surface area contributed by atoms with Gasteiger partial charge in [-0.1, -0.05) is 41.9 Å². The van der Waals surface area contributed by atoms with E-state index in [2.05, 4.69) is 15.0 Å². The first kappa shape index (κ1) is 22.2. The molecule has 0 radical (unpaired) electrons. The minimum atomic E-state index is -3.02. The number of benzene rings is 2. The molecule has 0 atom stereocenters. The van der Waals surface area contributed by atoms with E-state index < -0.39 is 25.1 Å². The highest BCUT2D eigenvalue weighted by molar-refractivity contribution is 6.32. The predicted octanol–water partition coefficient (Wildman–Crippen LogP) is 4.71. The van der Waals surface area contributed by atoms with Crippen LogP contribution in [0.4, 0.5) is 14.5 Å². The van der Waals surface area contributed by atoms with Gasteiger partial charge in [0.15, 0.2) is 18.3 Å². The van der Waals surface area contributed by atoms with Crippen molar-refractivity contribution in [1.82, 2.24) is 4.98 Å². The molecule has 2 aromatic carbocycles. The van der Waals surface area contributed by atoms with Crippen molar-refractivity contribution >= 4 is 29.2 Å². The van der Waals surface area contributed by atoms with Gasteiger partial charge in [-0.3, -0.25) is 9.59 Å². The maximum Gasteiger partial charge on any atom is 0.387 e. The standard InChI is InChI=1S/C21H17ClF2N2O5/c22-15-10-14(6-7-16(15)31-21(23)24)26-18(27)12-29-20(28)9-8-19-25-11-17(30-19)13-4-2-1-3-5-13/h1-7,10-11,21H,8-9,12H2,(H,26,27). The summed E-state index contributed by atoms with van der Waals surface area (Å²) in [4.78, 5) is 27.9. The number of carbonyl (C=O) groups is 2. The molecule has 0 bridgehead atoms. The molecular weight excluding hydrogens is 434 g/mol. The van der Waals surface area contributed by atoms with Crippen molar-refractivity contribution in [3.8, 4) is 17.1 Å². The zero-order valence-corrected chi connectivity index (χ0v) is 16.8. The summed E-state index contributed by atoms with van der Waals surface area (Å²) in [5.74, 6) is -0.473. The summed E-state index contributed by atoms with van der Waals surface area (Å²) >= 11 is 5.81. The van der Waals surface area contributed by atoms with Crippen LogP contribution in [0.3, 0.4) is 0 Å². The van der Waals surface area contributed by atoms with Crippen molar-refractivity contribution in [2.24, 2.45) is 0 Å². The molecule has 3 aromatic rings. The van der Waals surface area contributed by atoms with Crippen LogP contribution in [0.1, 0.15) is 12.3 Å². The predicted molar refractivity (Wildman–Crippen MR) is 108 cm³/mol. The molecule has 10 heteroatoms. The van der Waals surface area contributed by atoms with E-state index in [1.807, 2.05) is 30.3 Å². The fourth-order valence-corrected chi connectivity index (χ4v) is 2.78. The van der Waals surface area contributed by atoms with Crippen LogP contribution in [-0.4, -0.2) is 30.1 Å². The van der Waals surface area contributed by atoms with E-state index in [0.29, 0.717) is 11.7 Å². The Labute approximate surface area is 180 Å². The van der Waals surface area contributed by atoms with Crippen molar-refractivity contribution in [3.63, 3.8) is 0 Å². The fraction of sp³-hybridized carbons (Fsp3) is 0.190. The van der Waals surface area contributed by atoms with Crippen LogP contribution in [0.25, 0.3) is 11.3 Å². The lowest BCUT2D eigenvalue weighted by Crippen LogP contribution is -2.21. The second-order valence-electron chi connectivity index (χ2n) is 6.22. The molecular formula is C21H17ClF2N2O5. The Morgan fingerprint density at radius 1 is 1.16 bits per heavy atom. The van der Waals surface area contributed by atoms with Crippen molar-refractivity contribution in [2.75, 3.05) is 11.9 Å². The Balaban J connectivity index is 1.42. The molecule has 0 aliphatic rings. The minimum absolute atomic E-state index is 0.0203. The molecule has 1 aromatic heterocycles. The van der Waals surface area contributed by atoms with Gasteiger partial charge in [0.25, 0.3) is 5.91 Å². The molecule has 162 valence electrons. The summed E-state index contributed by atoms with van der Waals surface area (Å²) in [5, 5.41) is 2.34. The summed E-state index contributed by atoms with van der Waals surface area (Å²) in [7, 11) is 0. The molecule has 0 fully saturated rings. The first-order valence-corrected chi connectivity index (χ1v) is 9.48. The lowest BCUT2D eigenvalue weighted by molar-refractivity contribution is -0.147. The van der Waals surface area contributed by atoms with Gasteiger partial charge in [-0.15, -0.1) is 0 Å². The molecule has 1 amide bonds. The number of aryl methyl sites for hydroxylation is 1. The third-order valence-corrected chi connectivity index (χ3v) is 4.25. The molecule has 31 heavy (non-hydrogen) atoms. The summed E-state index contributed by atoms with van der Waals surface area (Å²) in [6.45, 7) is -3.54. The number of amides is 1. The second-order valence-corrected chi connectivity index (χ2v) is 6.62. The van der Waals surface area contributed by atoms with Crippen LogP contribution in [0.2, 0.25) is 5.02 Å². The number of alkyl halides is 2. The molecule has 1 N–H and O–H groups in total. The topological polar surface area (TPSA) is 90.7 Å². The highest BCUT2D eigenvalue weighted by Crippen LogP contribution is 2.29. The Bertz CT molecular complexity index is 1040. The molecule has 1 heterocycles. The minimum Gasteiger partial charge on any atom is -0.456 e. The van der Waals surface area contributed by atoms with E-state index in [1.165, 1.54) is 18.2 Å². The Kier molecular flexibility index (Phi) is 7.55. The van der Waals surface area contributed by atoms with Crippen LogP contribution in [0.5, 0.6) is 5.75 Å². The number of halogens is 3. The first-order valence-electron chi connectivity index (χ1n) is 9.10. The average molecular weight is 451 g/mol. The zero-order valence-electron chi connectivity index (χ0n) is 16.0. The summed E-state index contributed by atoms with van der Waals surface area (Å²) in [6.07, 6.45) is 1.77. The Morgan fingerprint density at radius 2 is 1.94 bits per heavy atom. The van der Waals surface area contributed by atoms with Gasteiger partial charge in [-0.05, 0) is 18.2 Å². The summed E-state index contributed by atoms with van der Waals surface area (Å²) < 4.78 is 39.2. The molecule has 0 saturated carbocycles. The highest BCUT2D eigenvalue weighted by atomic mass is 35.5. The fourth-order valence-electron chi connectivity index (χ4n) is 2.56. The van der Waals surface area contributed by atoms with Crippen LogP contribution >= 0.6 is 11.6 Å². The monoisotopic (exact) mass is 450 g/mol. The van der Waals surface area contributed by atoms with Crippen molar-refractivity contribution in [1.29, 1.82) is 0 Å². The zero-order chi connectivity index (χ0) is 22.2. The number of esters is 1. The van der Waals surface area contributed by atoms with Gasteiger partial charge in [0, 0.05) is 17.7 Å². The number of aromatic nitrogens is 1. The third-order valence-electron chi connectivity index (χ3n) is 3.95. The lowest BCUT2D eigenvalue weighted by Gasteiger charge is -2.10. The van der Waals surface area contributed by atoms with Crippen molar-refractivity contribution in [3.05, 3.63) is 65.6 Å². The number of nitrogens with zero attached hydrogens (tertiary/aromatic N) is 1. The molecule has 0 spiro atoms. The molecule has 7 nitrogen and oxygen atoms in total. The van der Waals surface area contributed by atoms with Crippen LogP contribution in [0.15, 0.2) is 59.1 Å². The van der Waals surface area contributed by atoms with E-state index in [1.54, 1.807) is 6.20 Å². The van der Waals surface area contributed by atoms with Gasteiger partial charge in [0.2, 0.25) is 0 Å². The number of ether oxygens (including phenoxy) is 2. The van der Waals surface area contributed by atoms with E-state index in [-0.39, 0.29) is 29.3 Å². The largest absolute Gasteiger partial charge is 0.456 e. The van der Waals surface area contributed by atoms with Gasteiger partial charge in [0.1, 0.15) is 5.75 Å². The Hall–Kier alpha value is -3.46. The average Bonchev–Trinajstić information content (AvgIpc) is 3.22. The number of hydrogen-bond donors (Lipinski definition) is 1. The number of nitrogens with one attached hydrogen (secondary N) is 1. The lowest BCUT2D eigenvalue weighted by atomic mass is 10.2. The summed E-state index contributed by atoms with van der Waals surface area (Å²) in [5.41, 5.74) is 1.11. The SMILES string of the molecule is O=C(COC(=O)CCc1ncc(-c2ccccc2)o1)Nc1ccc(OC(F)F)c(Cl)c1. The number of rotatable bonds is 9. The van der Waals surface area contributed by atoms with Crippen molar-refractivity contribution in [2.45, 2.75) is 19.5 Å². The van der Waals surface area contributed by atoms with Crippen LogP contribution in [0, 0.1) is 0 Å². The number of anilines is 1. The van der Waals surface area contributed by atoms with Gasteiger partial charge in [-0.2, -0.15) is 8.78 Å². The maximum atomic E-state index is 12.2. The van der Waals surface area contributed by atoms with E-state index in [9.17, 15) is 18.4 Å². The molecule has 3 rings (SSSR count). The summed E-state index contributed by atoms with van der Waals surface area (Å²) in [6, 6.07) is 13.2. The first-order chi connectivity index (χ1) is 14.9. The number of oxazole rings is 1. The molecule has 0 unspecified atom stereocenters. The number of hydrogen-bond acceptors (Lipinski definition) is 6. The normalized spacial score (nSPS) is 10.7. The van der Waals surface area contributed by atoms with E-state index in [4.69, 9.17) is 20.8 Å². The van der Waals surface area contributed by atoms with Crippen LogP contribution < -0.4 is 10.1 Å². The van der Waals surface area contributed by atoms with E-state index in [0.717, 1.165) is 5.56 Å².